The zero-order chi connectivity index (χ0) is 8.84. The lowest BCUT2D eigenvalue weighted by Gasteiger charge is -2.46. The highest BCUT2D eigenvalue weighted by atomic mass is 19.1. The molecular formula is C11H10FN. The molecular weight excluding hydrogens is 165 g/mol. The maximum Gasteiger partial charge on any atom is 0.130 e. The molecule has 1 aliphatic carbocycles. The van der Waals surface area contributed by atoms with Gasteiger partial charge in [-0.2, -0.15) is 0 Å². The normalized spacial score (nSPS) is 29.8. The van der Waals surface area contributed by atoms with Crippen molar-refractivity contribution in [3.8, 4) is 0 Å². The van der Waals surface area contributed by atoms with Gasteiger partial charge in [0.2, 0.25) is 0 Å². The molecule has 2 aliphatic rings. The Labute approximate surface area is 76.3 Å². The van der Waals surface area contributed by atoms with Gasteiger partial charge in [-0.3, -0.25) is 0 Å². The third kappa shape index (κ3) is 0.893. The van der Waals surface area contributed by atoms with Gasteiger partial charge in [0.25, 0.3) is 0 Å². The standard InChI is InChI=1S/C11H10FN/c12-10-4-2-1-3-7(10)8-5-11-9(8)6-13-11/h1-5,9,11,13H,6H2. The summed E-state index contributed by atoms with van der Waals surface area (Å²) in [5.74, 6) is 0.469. The lowest BCUT2D eigenvalue weighted by Crippen LogP contribution is -2.57. The number of fused-ring (bicyclic) bond motifs is 1. The van der Waals surface area contributed by atoms with Crippen LogP contribution in [-0.2, 0) is 0 Å². The van der Waals surface area contributed by atoms with Gasteiger partial charge >= 0.3 is 0 Å². The fraction of sp³-hybridized carbons (Fsp3) is 0.273. The van der Waals surface area contributed by atoms with Crippen LogP contribution in [0.2, 0.25) is 0 Å². The second-order valence-corrected chi connectivity index (χ2v) is 3.64. The Hall–Kier alpha value is -1.15. The fourth-order valence-electron chi connectivity index (χ4n) is 2.03. The molecule has 0 saturated carbocycles. The van der Waals surface area contributed by atoms with E-state index in [1.165, 1.54) is 11.6 Å². The van der Waals surface area contributed by atoms with E-state index in [1.807, 2.05) is 12.1 Å². The van der Waals surface area contributed by atoms with Crippen LogP contribution in [0.3, 0.4) is 0 Å². The molecule has 1 nitrogen and oxygen atoms in total. The van der Waals surface area contributed by atoms with Crippen LogP contribution in [0.15, 0.2) is 30.3 Å². The van der Waals surface area contributed by atoms with Crippen LogP contribution in [0.4, 0.5) is 4.39 Å². The number of rotatable bonds is 1. The summed E-state index contributed by atoms with van der Waals surface area (Å²) in [6.45, 7) is 1.00. The SMILES string of the molecule is Fc1ccccc1C1=CC2NCC12. The van der Waals surface area contributed by atoms with E-state index in [0.29, 0.717) is 12.0 Å². The first kappa shape index (κ1) is 7.27. The minimum atomic E-state index is -0.0981. The fourth-order valence-corrected chi connectivity index (χ4v) is 2.03. The van der Waals surface area contributed by atoms with E-state index in [1.54, 1.807) is 6.07 Å². The molecule has 0 spiro atoms. The predicted octanol–water partition coefficient (Wildman–Crippen LogP) is 1.81. The van der Waals surface area contributed by atoms with Crippen LogP contribution >= 0.6 is 0 Å². The first-order chi connectivity index (χ1) is 6.36. The first-order valence-corrected chi connectivity index (χ1v) is 4.56. The third-order valence-electron chi connectivity index (χ3n) is 2.95. The van der Waals surface area contributed by atoms with Crippen LogP contribution in [0.25, 0.3) is 5.57 Å². The zero-order valence-corrected chi connectivity index (χ0v) is 7.13. The summed E-state index contributed by atoms with van der Waals surface area (Å²) in [5, 5.41) is 3.27. The minimum absolute atomic E-state index is 0.0981. The van der Waals surface area contributed by atoms with Crippen molar-refractivity contribution in [2.24, 2.45) is 5.92 Å². The number of nitrogens with one attached hydrogen (secondary N) is 1. The minimum Gasteiger partial charge on any atom is -0.309 e. The number of benzene rings is 1. The molecule has 2 heteroatoms. The molecule has 13 heavy (non-hydrogen) atoms. The van der Waals surface area contributed by atoms with Crippen LogP contribution in [-0.4, -0.2) is 12.6 Å². The number of hydrogen-bond donors (Lipinski definition) is 1. The van der Waals surface area contributed by atoms with Gasteiger partial charge in [-0.05, 0) is 11.6 Å². The van der Waals surface area contributed by atoms with Crippen molar-refractivity contribution < 1.29 is 4.39 Å². The molecule has 3 rings (SSSR count). The van der Waals surface area contributed by atoms with E-state index < -0.39 is 0 Å². The molecule has 1 N–H and O–H groups in total. The summed E-state index contributed by atoms with van der Waals surface area (Å²) < 4.78 is 13.3. The largest absolute Gasteiger partial charge is 0.309 e. The Bertz CT molecular complexity index is 383. The molecule has 1 aromatic carbocycles. The Kier molecular flexibility index (Phi) is 1.35. The van der Waals surface area contributed by atoms with Crippen molar-refractivity contribution in [1.29, 1.82) is 0 Å². The second-order valence-electron chi connectivity index (χ2n) is 3.64. The van der Waals surface area contributed by atoms with Crippen molar-refractivity contribution in [3.63, 3.8) is 0 Å². The summed E-state index contributed by atoms with van der Waals surface area (Å²) in [7, 11) is 0. The Morgan fingerprint density at radius 2 is 2.15 bits per heavy atom. The maximum atomic E-state index is 13.3. The molecule has 66 valence electrons. The van der Waals surface area contributed by atoms with Crippen LogP contribution < -0.4 is 5.32 Å². The highest BCUT2D eigenvalue weighted by molar-refractivity contribution is 5.76. The molecule has 0 aromatic heterocycles. The monoisotopic (exact) mass is 175 g/mol. The summed E-state index contributed by atoms with van der Waals surface area (Å²) in [4.78, 5) is 0. The average Bonchev–Trinajstić information content (AvgIpc) is 2.11. The summed E-state index contributed by atoms with van der Waals surface area (Å²) >= 11 is 0. The number of hydrogen-bond acceptors (Lipinski definition) is 1. The number of halogens is 1. The molecule has 2 atom stereocenters. The Balaban J connectivity index is 2.02. The smallest absolute Gasteiger partial charge is 0.130 e. The highest BCUT2D eigenvalue weighted by Crippen LogP contribution is 2.41. The summed E-state index contributed by atoms with van der Waals surface area (Å²) in [5.41, 5.74) is 1.96. The molecule has 0 radical (unpaired) electrons. The Morgan fingerprint density at radius 3 is 2.69 bits per heavy atom. The van der Waals surface area contributed by atoms with Gasteiger partial charge in [0.05, 0.1) is 0 Å². The molecule has 1 heterocycles. The van der Waals surface area contributed by atoms with E-state index in [9.17, 15) is 4.39 Å². The van der Waals surface area contributed by atoms with Crippen molar-refractivity contribution in [2.75, 3.05) is 6.54 Å². The van der Waals surface area contributed by atoms with Crippen molar-refractivity contribution in [3.05, 3.63) is 41.7 Å². The molecule has 2 unspecified atom stereocenters. The molecule has 1 fully saturated rings. The first-order valence-electron chi connectivity index (χ1n) is 4.56. The molecule has 0 bridgehead atoms. The Morgan fingerprint density at radius 1 is 1.31 bits per heavy atom. The predicted molar refractivity (Wildman–Crippen MR) is 49.7 cm³/mol. The van der Waals surface area contributed by atoms with Gasteiger partial charge in [0, 0.05) is 24.1 Å². The molecule has 1 aromatic rings. The van der Waals surface area contributed by atoms with E-state index in [-0.39, 0.29) is 5.82 Å². The van der Waals surface area contributed by atoms with Gasteiger partial charge in [-0.15, -0.1) is 0 Å². The lowest BCUT2D eigenvalue weighted by molar-refractivity contribution is 0.317. The van der Waals surface area contributed by atoms with Crippen molar-refractivity contribution in [2.45, 2.75) is 6.04 Å². The highest BCUT2D eigenvalue weighted by Gasteiger charge is 2.40. The van der Waals surface area contributed by atoms with Gasteiger partial charge in [-0.1, -0.05) is 24.3 Å². The van der Waals surface area contributed by atoms with E-state index in [2.05, 4.69) is 11.4 Å². The van der Waals surface area contributed by atoms with Gasteiger partial charge in [0.15, 0.2) is 0 Å². The van der Waals surface area contributed by atoms with Crippen LogP contribution in [0.1, 0.15) is 5.56 Å². The van der Waals surface area contributed by atoms with Gasteiger partial charge in [-0.25, -0.2) is 4.39 Å². The molecule has 0 amide bonds. The van der Waals surface area contributed by atoms with Crippen LogP contribution in [0.5, 0.6) is 0 Å². The quantitative estimate of drug-likeness (QED) is 0.686. The molecule has 1 aliphatic heterocycles. The topological polar surface area (TPSA) is 12.0 Å². The second kappa shape index (κ2) is 2.42. The average molecular weight is 175 g/mol. The van der Waals surface area contributed by atoms with E-state index in [0.717, 1.165) is 12.1 Å². The lowest BCUT2D eigenvalue weighted by atomic mass is 9.71. The van der Waals surface area contributed by atoms with E-state index in [4.69, 9.17) is 0 Å². The third-order valence-corrected chi connectivity index (χ3v) is 2.95. The molecule has 1 saturated heterocycles. The summed E-state index contributed by atoms with van der Waals surface area (Å²) in [6, 6.07) is 7.52. The van der Waals surface area contributed by atoms with E-state index >= 15 is 0 Å². The van der Waals surface area contributed by atoms with Gasteiger partial charge < -0.3 is 5.32 Å². The van der Waals surface area contributed by atoms with Crippen LogP contribution in [0, 0.1) is 11.7 Å². The maximum absolute atomic E-state index is 13.3. The zero-order valence-electron chi connectivity index (χ0n) is 7.13. The van der Waals surface area contributed by atoms with Crippen molar-refractivity contribution >= 4 is 5.57 Å². The van der Waals surface area contributed by atoms with Crippen molar-refractivity contribution in [1.82, 2.24) is 5.32 Å². The van der Waals surface area contributed by atoms with Gasteiger partial charge in [0.1, 0.15) is 5.82 Å². The summed E-state index contributed by atoms with van der Waals surface area (Å²) in [6.07, 6.45) is 2.12.